The predicted octanol–water partition coefficient (Wildman–Crippen LogP) is 4.38. The number of thioether (sulfide) groups is 1. The summed E-state index contributed by atoms with van der Waals surface area (Å²) in [6.45, 7) is 0.202. The topological polar surface area (TPSA) is 83.6 Å². The van der Waals surface area contributed by atoms with Gasteiger partial charge in [-0.1, -0.05) is 72.8 Å². The number of carbonyl (C=O) groups excluding carboxylic acids is 4. The highest BCUT2D eigenvalue weighted by molar-refractivity contribution is 8.18. The van der Waals surface area contributed by atoms with Crippen LogP contribution in [0, 0.1) is 0 Å². The molecule has 0 atom stereocenters. The van der Waals surface area contributed by atoms with Crippen molar-refractivity contribution in [2.75, 3.05) is 13.1 Å². The van der Waals surface area contributed by atoms with Gasteiger partial charge in [0.05, 0.1) is 4.91 Å². The number of rotatable bonds is 7. The number of nitrogens with zero attached hydrogens (tertiary/aromatic N) is 1. The van der Waals surface area contributed by atoms with Gasteiger partial charge >= 0.3 is 0 Å². The van der Waals surface area contributed by atoms with Crippen molar-refractivity contribution in [3.8, 4) is 0 Å². The summed E-state index contributed by atoms with van der Waals surface area (Å²) in [4.78, 5) is 51.2. The molecule has 4 rings (SSSR count). The predicted molar refractivity (Wildman–Crippen MR) is 128 cm³/mol. The van der Waals surface area contributed by atoms with E-state index in [1.165, 1.54) is 0 Å². The number of nitrogens with one attached hydrogen (secondary N) is 1. The minimum atomic E-state index is -0.369. The molecule has 0 unspecified atom stereocenters. The van der Waals surface area contributed by atoms with Gasteiger partial charge in [0.25, 0.3) is 17.1 Å². The van der Waals surface area contributed by atoms with E-state index in [-0.39, 0.29) is 35.9 Å². The summed E-state index contributed by atoms with van der Waals surface area (Å²) in [5.74, 6) is -0.835. The van der Waals surface area contributed by atoms with E-state index in [4.69, 9.17) is 0 Å². The van der Waals surface area contributed by atoms with Crippen molar-refractivity contribution in [3.05, 3.63) is 112 Å². The molecule has 3 amide bonds. The van der Waals surface area contributed by atoms with Crippen LogP contribution < -0.4 is 5.32 Å². The molecule has 3 aromatic carbocycles. The van der Waals surface area contributed by atoms with Gasteiger partial charge in [-0.05, 0) is 35.5 Å². The second kappa shape index (κ2) is 10.1. The molecule has 1 aliphatic heterocycles. The molecule has 3 aromatic rings. The second-order valence-electron chi connectivity index (χ2n) is 7.27. The summed E-state index contributed by atoms with van der Waals surface area (Å²) < 4.78 is 0. The Kier molecular flexibility index (Phi) is 6.80. The molecule has 0 radical (unpaired) electrons. The molecular weight excluding hydrogens is 436 g/mol. The monoisotopic (exact) mass is 456 g/mol. The maximum atomic E-state index is 12.6. The molecule has 1 fully saturated rings. The van der Waals surface area contributed by atoms with E-state index in [0.717, 1.165) is 22.2 Å². The zero-order valence-corrected chi connectivity index (χ0v) is 18.4. The maximum absolute atomic E-state index is 12.6. The molecule has 1 N–H and O–H groups in total. The number of amides is 3. The quantitative estimate of drug-likeness (QED) is 0.421. The molecule has 0 aliphatic carbocycles. The van der Waals surface area contributed by atoms with Gasteiger partial charge in [0.1, 0.15) is 0 Å². The summed E-state index contributed by atoms with van der Waals surface area (Å²) in [7, 11) is 0. The number of hydrogen-bond acceptors (Lipinski definition) is 5. The molecule has 0 spiro atoms. The van der Waals surface area contributed by atoms with Gasteiger partial charge < -0.3 is 5.32 Å². The number of carbonyl (C=O) groups is 4. The van der Waals surface area contributed by atoms with Crippen LogP contribution in [0.5, 0.6) is 0 Å². The fraction of sp³-hybridized carbons (Fsp3) is 0.0769. The van der Waals surface area contributed by atoms with Crippen LogP contribution >= 0.6 is 11.8 Å². The lowest BCUT2D eigenvalue weighted by Gasteiger charge is -2.13. The van der Waals surface area contributed by atoms with Crippen molar-refractivity contribution >= 4 is 40.7 Å². The standard InChI is InChI=1S/C26H20N2O4S/c29-23(19-9-5-2-6-10-19)20-11-13-21(14-12-20)24(30)27-15-16-28-25(31)22(33-26(28)32)17-18-7-3-1-4-8-18/h1-14,17H,15-16H2,(H,27,30)/b22-17-. The Morgan fingerprint density at radius 2 is 1.36 bits per heavy atom. The van der Waals surface area contributed by atoms with Gasteiger partial charge in [0.15, 0.2) is 5.78 Å². The fourth-order valence-corrected chi connectivity index (χ4v) is 4.17. The Morgan fingerprint density at radius 3 is 2.03 bits per heavy atom. The third-order valence-electron chi connectivity index (χ3n) is 5.04. The highest BCUT2D eigenvalue weighted by atomic mass is 32.2. The highest BCUT2D eigenvalue weighted by Crippen LogP contribution is 2.31. The van der Waals surface area contributed by atoms with Gasteiger partial charge in [-0.3, -0.25) is 24.1 Å². The van der Waals surface area contributed by atoms with Gasteiger partial charge in [-0.2, -0.15) is 0 Å². The summed E-state index contributed by atoms with van der Waals surface area (Å²) >= 11 is 0.888. The van der Waals surface area contributed by atoms with Crippen molar-refractivity contribution in [1.29, 1.82) is 0 Å². The first-order valence-corrected chi connectivity index (χ1v) is 11.1. The van der Waals surface area contributed by atoms with Crippen LogP contribution in [0.1, 0.15) is 31.8 Å². The average Bonchev–Trinajstić information content (AvgIpc) is 3.12. The first-order valence-electron chi connectivity index (χ1n) is 10.3. The molecule has 1 aliphatic rings. The number of benzene rings is 3. The summed E-state index contributed by atoms with van der Waals surface area (Å²) in [6, 6.07) is 24.6. The van der Waals surface area contributed by atoms with Crippen LogP contribution in [0.25, 0.3) is 6.08 Å². The largest absolute Gasteiger partial charge is 0.350 e. The van der Waals surface area contributed by atoms with Crippen LogP contribution in [0.2, 0.25) is 0 Å². The molecule has 33 heavy (non-hydrogen) atoms. The zero-order chi connectivity index (χ0) is 23.2. The first-order chi connectivity index (χ1) is 16.0. The summed E-state index contributed by atoms with van der Waals surface area (Å²) in [5, 5.41) is 2.35. The van der Waals surface area contributed by atoms with Crippen LogP contribution in [0.3, 0.4) is 0 Å². The second-order valence-corrected chi connectivity index (χ2v) is 8.27. The molecule has 7 heteroatoms. The molecule has 164 valence electrons. The summed E-state index contributed by atoms with van der Waals surface area (Å²) in [5.41, 5.74) is 2.29. The van der Waals surface area contributed by atoms with E-state index in [9.17, 15) is 19.2 Å². The highest BCUT2D eigenvalue weighted by Gasteiger charge is 2.34. The maximum Gasteiger partial charge on any atom is 0.293 e. The van der Waals surface area contributed by atoms with Crippen LogP contribution in [-0.4, -0.2) is 40.8 Å². The van der Waals surface area contributed by atoms with E-state index in [2.05, 4.69) is 5.32 Å². The molecule has 1 saturated heterocycles. The lowest BCUT2D eigenvalue weighted by molar-refractivity contribution is -0.122. The van der Waals surface area contributed by atoms with Gasteiger partial charge in [-0.25, -0.2) is 0 Å². The summed E-state index contributed by atoms with van der Waals surface area (Å²) in [6.07, 6.45) is 1.68. The van der Waals surface area contributed by atoms with E-state index in [1.54, 1.807) is 54.6 Å². The minimum Gasteiger partial charge on any atom is -0.350 e. The Bertz CT molecular complexity index is 1220. The molecule has 0 saturated carbocycles. The van der Waals surface area contributed by atoms with Crippen molar-refractivity contribution in [2.24, 2.45) is 0 Å². The van der Waals surface area contributed by atoms with E-state index in [1.807, 2.05) is 36.4 Å². The third-order valence-corrected chi connectivity index (χ3v) is 5.94. The van der Waals surface area contributed by atoms with Crippen LogP contribution in [-0.2, 0) is 4.79 Å². The third kappa shape index (κ3) is 5.27. The van der Waals surface area contributed by atoms with Gasteiger partial charge in [0.2, 0.25) is 0 Å². The molecule has 1 heterocycles. The first kappa shape index (κ1) is 22.2. The van der Waals surface area contributed by atoms with Crippen molar-refractivity contribution in [1.82, 2.24) is 10.2 Å². The van der Waals surface area contributed by atoms with Crippen molar-refractivity contribution < 1.29 is 19.2 Å². The smallest absolute Gasteiger partial charge is 0.293 e. The minimum absolute atomic E-state index is 0.0765. The normalized spacial score (nSPS) is 14.5. The molecule has 0 aromatic heterocycles. The van der Waals surface area contributed by atoms with Crippen molar-refractivity contribution in [2.45, 2.75) is 0 Å². The van der Waals surface area contributed by atoms with E-state index in [0.29, 0.717) is 21.6 Å². The number of hydrogen-bond donors (Lipinski definition) is 1. The van der Waals surface area contributed by atoms with Crippen molar-refractivity contribution in [3.63, 3.8) is 0 Å². The Labute approximate surface area is 195 Å². The van der Waals surface area contributed by atoms with E-state index >= 15 is 0 Å². The number of ketones is 1. The Morgan fingerprint density at radius 1 is 0.788 bits per heavy atom. The SMILES string of the molecule is O=C(NCCN1C(=O)S/C(=C\c2ccccc2)C1=O)c1ccc(C(=O)c2ccccc2)cc1. The average molecular weight is 457 g/mol. The lowest BCUT2D eigenvalue weighted by atomic mass is 10.0. The molecular formula is C26H20N2O4S. The Hall–Kier alpha value is -3.97. The van der Waals surface area contributed by atoms with Crippen LogP contribution in [0.4, 0.5) is 4.79 Å². The zero-order valence-electron chi connectivity index (χ0n) is 17.6. The lowest BCUT2D eigenvalue weighted by Crippen LogP contribution is -2.37. The van der Waals surface area contributed by atoms with Gasteiger partial charge in [-0.15, -0.1) is 0 Å². The molecule has 0 bridgehead atoms. The van der Waals surface area contributed by atoms with Gasteiger partial charge in [0, 0.05) is 29.8 Å². The Balaban J connectivity index is 1.32. The number of imide groups is 1. The van der Waals surface area contributed by atoms with Crippen LogP contribution in [0.15, 0.2) is 89.8 Å². The molecule has 6 nitrogen and oxygen atoms in total. The fourth-order valence-electron chi connectivity index (χ4n) is 3.31. The van der Waals surface area contributed by atoms with E-state index < -0.39 is 0 Å².